The highest BCUT2D eigenvalue weighted by Crippen LogP contribution is 2.42. The number of carbonyl (C=O) groups excluding carboxylic acids is 1. The monoisotopic (exact) mass is 557 g/mol. The first-order valence-electron chi connectivity index (χ1n) is 13.2. The van der Waals surface area contributed by atoms with Gasteiger partial charge in [-0.3, -0.25) is 20.2 Å². The van der Waals surface area contributed by atoms with Crippen LogP contribution < -0.4 is 25.9 Å². The number of anilines is 1. The Morgan fingerprint density at radius 1 is 1.23 bits per heavy atom. The van der Waals surface area contributed by atoms with Gasteiger partial charge in [0.25, 0.3) is 5.91 Å². The van der Waals surface area contributed by atoms with Gasteiger partial charge < -0.3 is 24.3 Å². The lowest BCUT2D eigenvalue weighted by Crippen LogP contribution is -2.44. The Morgan fingerprint density at radius 2 is 2.02 bits per heavy atom. The first-order chi connectivity index (χ1) is 19.3. The number of halogens is 3. The van der Waals surface area contributed by atoms with E-state index in [9.17, 15) is 18.0 Å². The fraction of sp³-hybridized carbons (Fsp3) is 0.423. The normalized spacial score (nSPS) is 17.9. The summed E-state index contributed by atoms with van der Waals surface area (Å²) in [5.74, 6) is -1.60. The summed E-state index contributed by atoms with van der Waals surface area (Å²) in [6.07, 6.45) is 9.32. The Morgan fingerprint density at radius 3 is 2.77 bits per heavy atom. The molecule has 6 rings (SSSR count). The lowest BCUT2D eigenvalue weighted by atomic mass is 10.1. The summed E-state index contributed by atoms with van der Waals surface area (Å²) in [5, 5.41) is 4.21. The molecule has 3 aromatic heterocycles. The van der Waals surface area contributed by atoms with Crippen molar-refractivity contribution < 1.29 is 22.7 Å². The maximum Gasteiger partial charge on any atom is 0.387 e. The van der Waals surface area contributed by atoms with Crippen LogP contribution in [0.4, 0.5) is 18.9 Å². The van der Waals surface area contributed by atoms with E-state index < -0.39 is 24.1 Å². The molecule has 212 valence electrons. The molecule has 5 heterocycles. The molecule has 3 N–H and O–H groups in total. The van der Waals surface area contributed by atoms with E-state index in [4.69, 9.17) is 4.98 Å². The van der Waals surface area contributed by atoms with E-state index >= 15 is 0 Å². The average Bonchev–Trinajstić information content (AvgIpc) is 3.54. The van der Waals surface area contributed by atoms with E-state index in [1.165, 1.54) is 18.4 Å². The Hall–Kier alpha value is -4.04. The smallest absolute Gasteiger partial charge is 0.387 e. The maximum absolute atomic E-state index is 14.4. The Balaban J connectivity index is 1.13. The van der Waals surface area contributed by atoms with E-state index in [0.717, 1.165) is 55.5 Å². The van der Waals surface area contributed by atoms with Crippen LogP contribution in [0.25, 0.3) is 5.65 Å². The molecular formula is C26H30F3N9O2. The molecule has 0 spiro atoms. The van der Waals surface area contributed by atoms with Gasteiger partial charge in [0.15, 0.2) is 17.2 Å². The summed E-state index contributed by atoms with van der Waals surface area (Å²) in [4.78, 5) is 26.1. The molecule has 1 saturated heterocycles. The van der Waals surface area contributed by atoms with Crippen molar-refractivity contribution >= 4 is 17.2 Å². The summed E-state index contributed by atoms with van der Waals surface area (Å²) < 4.78 is 45.5. The number of imidazole rings is 1. The number of amides is 1. The quantitative estimate of drug-likeness (QED) is 0.365. The van der Waals surface area contributed by atoms with Crippen molar-refractivity contribution in [3.63, 3.8) is 0 Å². The van der Waals surface area contributed by atoms with Crippen LogP contribution in [0.5, 0.6) is 5.75 Å². The minimum atomic E-state index is -3.17. The summed E-state index contributed by atoms with van der Waals surface area (Å²) >= 11 is 0. The third-order valence-electron chi connectivity index (χ3n) is 7.25. The van der Waals surface area contributed by atoms with Crippen LogP contribution in [0.15, 0.2) is 42.6 Å². The van der Waals surface area contributed by atoms with Crippen molar-refractivity contribution in [2.24, 2.45) is 0 Å². The van der Waals surface area contributed by atoms with Crippen LogP contribution in [0.1, 0.15) is 35.7 Å². The molecule has 1 saturated carbocycles. The molecule has 1 amide bonds. The van der Waals surface area contributed by atoms with E-state index in [-0.39, 0.29) is 17.9 Å². The standard InChI is InChI=1S/C26H30F3N9O2/c1-35-6-8-36(9-7-35)21-10-17(16-2-3-16)12-37-13-18(32-24(21)37)14-38-15-20(33-34-38)25(39)31-11-19-23(27)22(4-5-30-19)40-26(28)29/h4-5,10,12-13,15-16,26,33-34H,2-3,6-9,11,14H2,1H3,(H,31,39). The lowest BCUT2D eigenvalue weighted by Gasteiger charge is -2.34. The minimum Gasteiger partial charge on any atom is -0.432 e. The molecule has 11 nitrogen and oxygen atoms in total. The summed E-state index contributed by atoms with van der Waals surface area (Å²) in [6, 6.07) is 3.29. The second-order valence-electron chi connectivity index (χ2n) is 10.2. The van der Waals surface area contributed by atoms with Gasteiger partial charge in [-0.25, -0.2) is 9.37 Å². The number of ether oxygens (including phenoxy) is 1. The number of hydrogen-bond donors (Lipinski definition) is 3. The Bertz CT molecular complexity index is 1430. The zero-order valence-corrected chi connectivity index (χ0v) is 21.9. The molecule has 0 unspecified atom stereocenters. The SMILES string of the molecule is CN1CCN(c2cc(C3CC3)cn3cc(CN4C=C(C(=O)NCc5nccc(OC(F)F)c5F)NN4)nc23)CC1. The van der Waals surface area contributed by atoms with E-state index in [1.807, 2.05) is 6.20 Å². The molecule has 1 aliphatic carbocycles. The van der Waals surface area contributed by atoms with E-state index in [0.29, 0.717) is 12.5 Å². The van der Waals surface area contributed by atoms with Gasteiger partial charge in [-0.1, -0.05) is 0 Å². The number of likely N-dealkylation sites (N-methyl/N-ethyl adjacent to an activating group) is 1. The molecule has 2 aliphatic heterocycles. The molecule has 0 bridgehead atoms. The fourth-order valence-corrected chi connectivity index (χ4v) is 4.91. The summed E-state index contributed by atoms with van der Waals surface area (Å²) in [6.45, 7) is 0.809. The predicted molar refractivity (Wildman–Crippen MR) is 139 cm³/mol. The zero-order chi connectivity index (χ0) is 27.8. The zero-order valence-electron chi connectivity index (χ0n) is 21.9. The molecular weight excluding hydrogens is 527 g/mol. The first-order valence-corrected chi connectivity index (χ1v) is 13.2. The number of carbonyl (C=O) groups is 1. The third-order valence-corrected chi connectivity index (χ3v) is 7.25. The molecule has 2 fully saturated rings. The lowest BCUT2D eigenvalue weighted by molar-refractivity contribution is -0.118. The van der Waals surface area contributed by atoms with Gasteiger partial charge in [-0.2, -0.15) is 8.78 Å². The number of nitrogens with zero attached hydrogens (tertiary/aromatic N) is 6. The van der Waals surface area contributed by atoms with Crippen molar-refractivity contribution in [3.05, 3.63) is 65.4 Å². The number of nitrogens with one attached hydrogen (secondary N) is 3. The molecule has 0 aromatic carbocycles. The van der Waals surface area contributed by atoms with Gasteiger partial charge in [-0.05, 0) is 37.4 Å². The third kappa shape index (κ3) is 5.63. The Labute approximate surface area is 228 Å². The highest BCUT2D eigenvalue weighted by atomic mass is 19.3. The number of piperazine rings is 1. The van der Waals surface area contributed by atoms with Gasteiger partial charge in [0.1, 0.15) is 5.70 Å². The second-order valence-corrected chi connectivity index (χ2v) is 10.2. The number of hydrazine groups is 2. The Kier molecular flexibility index (Phi) is 7.11. The van der Waals surface area contributed by atoms with Gasteiger partial charge in [0, 0.05) is 57.0 Å². The summed E-state index contributed by atoms with van der Waals surface area (Å²) in [5.41, 5.74) is 9.88. The van der Waals surface area contributed by atoms with E-state index in [1.54, 1.807) is 11.2 Å². The average molecular weight is 558 g/mol. The number of hydrogen-bond acceptors (Lipinski definition) is 9. The molecule has 0 atom stereocenters. The van der Waals surface area contributed by atoms with Crippen molar-refractivity contribution in [1.82, 2.24) is 40.6 Å². The molecule has 40 heavy (non-hydrogen) atoms. The van der Waals surface area contributed by atoms with Gasteiger partial charge in [0.2, 0.25) is 0 Å². The van der Waals surface area contributed by atoms with Gasteiger partial charge >= 0.3 is 6.61 Å². The number of aromatic nitrogens is 3. The molecule has 3 aliphatic rings. The van der Waals surface area contributed by atoms with Crippen LogP contribution in [-0.2, 0) is 17.9 Å². The van der Waals surface area contributed by atoms with Crippen LogP contribution in [0.3, 0.4) is 0 Å². The summed E-state index contributed by atoms with van der Waals surface area (Å²) in [7, 11) is 2.14. The van der Waals surface area contributed by atoms with Gasteiger partial charge in [-0.15, -0.1) is 5.53 Å². The van der Waals surface area contributed by atoms with Crippen LogP contribution in [0.2, 0.25) is 0 Å². The highest BCUT2D eigenvalue weighted by molar-refractivity contribution is 5.92. The molecule has 3 aromatic rings. The number of pyridine rings is 2. The topological polar surface area (TPSA) is 102 Å². The van der Waals surface area contributed by atoms with Crippen LogP contribution in [0, 0.1) is 5.82 Å². The van der Waals surface area contributed by atoms with E-state index in [2.05, 4.69) is 59.5 Å². The van der Waals surface area contributed by atoms with Crippen molar-refractivity contribution in [2.75, 3.05) is 38.1 Å². The maximum atomic E-state index is 14.4. The van der Waals surface area contributed by atoms with Crippen molar-refractivity contribution in [2.45, 2.75) is 38.5 Å². The highest BCUT2D eigenvalue weighted by Gasteiger charge is 2.27. The largest absolute Gasteiger partial charge is 0.432 e. The van der Waals surface area contributed by atoms with Gasteiger partial charge in [0.05, 0.1) is 30.2 Å². The number of alkyl halides is 2. The molecule has 14 heteroatoms. The predicted octanol–water partition coefficient (Wildman–Crippen LogP) is 2.08. The minimum absolute atomic E-state index is 0.193. The fourth-order valence-electron chi connectivity index (χ4n) is 4.91. The number of rotatable bonds is 9. The number of fused-ring (bicyclic) bond motifs is 1. The van der Waals surface area contributed by atoms with Crippen LogP contribution in [-0.4, -0.2) is 70.0 Å². The van der Waals surface area contributed by atoms with Crippen molar-refractivity contribution in [1.29, 1.82) is 0 Å². The van der Waals surface area contributed by atoms with Crippen LogP contribution >= 0.6 is 0 Å². The first kappa shape index (κ1) is 26.2. The second kappa shape index (κ2) is 10.8. The van der Waals surface area contributed by atoms with Crippen molar-refractivity contribution in [3.8, 4) is 5.75 Å². The molecule has 0 radical (unpaired) electrons.